The van der Waals surface area contributed by atoms with Crippen LogP contribution in [0.1, 0.15) is 55.2 Å². The van der Waals surface area contributed by atoms with Crippen molar-refractivity contribution in [3.63, 3.8) is 0 Å². The molecule has 1 aliphatic heterocycles. The highest BCUT2D eigenvalue weighted by molar-refractivity contribution is 5.88. The number of piperidine rings is 1. The summed E-state index contributed by atoms with van der Waals surface area (Å²) in [6.45, 7) is 3.95. The predicted molar refractivity (Wildman–Crippen MR) is 118 cm³/mol. The second-order valence-corrected chi connectivity index (χ2v) is 7.91. The van der Waals surface area contributed by atoms with E-state index in [-0.39, 0.29) is 11.8 Å². The molecular formula is C25H30N2O2. The zero-order chi connectivity index (χ0) is 20.2. The van der Waals surface area contributed by atoms with E-state index in [0.717, 1.165) is 43.7 Å². The third-order valence-corrected chi connectivity index (χ3v) is 6.17. The molecule has 4 rings (SSSR count). The Kier molecular flexibility index (Phi) is 5.89. The number of carbonyl (C=O) groups is 1. The van der Waals surface area contributed by atoms with E-state index in [1.807, 2.05) is 17.0 Å². The molecule has 29 heavy (non-hydrogen) atoms. The second-order valence-electron chi connectivity index (χ2n) is 7.91. The largest absolute Gasteiger partial charge is 0.497 e. The number of hydrogen-bond donors (Lipinski definition) is 1. The molecule has 0 saturated carbocycles. The number of nitrogens with one attached hydrogen (secondary N) is 1. The summed E-state index contributed by atoms with van der Waals surface area (Å²) in [6, 6.07) is 14.6. The lowest BCUT2D eigenvalue weighted by atomic mass is 9.87. The number of aromatic nitrogens is 1. The van der Waals surface area contributed by atoms with E-state index in [4.69, 9.17) is 4.74 Å². The molecule has 0 bridgehead atoms. The van der Waals surface area contributed by atoms with Crippen molar-refractivity contribution in [2.75, 3.05) is 20.2 Å². The van der Waals surface area contributed by atoms with Crippen molar-refractivity contribution < 1.29 is 9.53 Å². The zero-order valence-corrected chi connectivity index (χ0v) is 17.4. The smallest absolute Gasteiger partial charge is 0.223 e. The Morgan fingerprint density at radius 1 is 1.14 bits per heavy atom. The van der Waals surface area contributed by atoms with E-state index in [2.05, 4.69) is 48.4 Å². The van der Waals surface area contributed by atoms with Gasteiger partial charge in [0.25, 0.3) is 0 Å². The zero-order valence-electron chi connectivity index (χ0n) is 17.4. The number of fused-ring (bicyclic) bond motifs is 1. The fraction of sp³-hybridized carbons (Fsp3) is 0.400. The van der Waals surface area contributed by atoms with Gasteiger partial charge in [-0.15, -0.1) is 0 Å². The van der Waals surface area contributed by atoms with Crippen molar-refractivity contribution in [1.82, 2.24) is 9.88 Å². The Morgan fingerprint density at radius 2 is 1.93 bits per heavy atom. The van der Waals surface area contributed by atoms with Crippen molar-refractivity contribution in [2.24, 2.45) is 0 Å². The Morgan fingerprint density at radius 3 is 2.69 bits per heavy atom. The first-order chi connectivity index (χ1) is 14.2. The van der Waals surface area contributed by atoms with Crippen LogP contribution < -0.4 is 4.74 Å². The van der Waals surface area contributed by atoms with Gasteiger partial charge in [-0.2, -0.15) is 0 Å². The summed E-state index contributed by atoms with van der Waals surface area (Å²) in [5, 5.41) is 1.21. The number of ether oxygens (including phenoxy) is 1. The van der Waals surface area contributed by atoms with Crippen molar-refractivity contribution in [2.45, 2.75) is 44.9 Å². The Labute approximate surface area is 172 Å². The Bertz CT molecular complexity index is 985. The van der Waals surface area contributed by atoms with Crippen molar-refractivity contribution in [3.8, 4) is 5.75 Å². The van der Waals surface area contributed by atoms with Crippen LogP contribution in [0.15, 0.2) is 48.7 Å². The third kappa shape index (κ3) is 4.02. The SMILES string of the molecule is CCc1cccc2c(C(CC(=O)N3CCCCC3)c3cccc(OC)c3)c[nH]c12. The average molecular weight is 391 g/mol. The van der Waals surface area contributed by atoms with E-state index in [1.54, 1.807) is 7.11 Å². The number of rotatable bonds is 6. The number of para-hydroxylation sites is 1. The van der Waals surface area contributed by atoms with Crippen LogP contribution in [0.2, 0.25) is 0 Å². The van der Waals surface area contributed by atoms with Crippen LogP contribution in [0.4, 0.5) is 0 Å². The number of methoxy groups -OCH3 is 1. The minimum Gasteiger partial charge on any atom is -0.497 e. The summed E-state index contributed by atoms with van der Waals surface area (Å²) in [5.41, 5.74) is 4.80. The van der Waals surface area contributed by atoms with E-state index in [0.29, 0.717) is 6.42 Å². The highest BCUT2D eigenvalue weighted by Crippen LogP contribution is 2.36. The number of aryl methyl sites for hydroxylation is 1. The van der Waals surface area contributed by atoms with Gasteiger partial charge in [0.05, 0.1) is 7.11 Å². The van der Waals surface area contributed by atoms with Crippen LogP contribution in [-0.2, 0) is 11.2 Å². The number of aromatic amines is 1. The topological polar surface area (TPSA) is 45.3 Å². The number of H-pyrrole nitrogens is 1. The molecule has 3 aromatic rings. The van der Waals surface area contributed by atoms with Crippen molar-refractivity contribution in [1.29, 1.82) is 0 Å². The van der Waals surface area contributed by atoms with Gasteiger partial charge >= 0.3 is 0 Å². The first-order valence-corrected chi connectivity index (χ1v) is 10.7. The lowest BCUT2D eigenvalue weighted by molar-refractivity contribution is -0.132. The molecule has 0 spiro atoms. The Balaban J connectivity index is 1.75. The van der Waals surface area contributed by atoms with Crippen LogP contribution in [0.25, 0.3) is 10.9 Å². The molecule has 1 atom stereocenters. The lowest BCUT2D eigenvalue weighted by Crippen LogP contribution is -2.36. The number of carbonyl (C=O) groups excluding carboxylic acids is 1. The minimum atomic E-state index is 0.000354. The number of amides is 1. The molecule has 1 fully saturated rings. The molecule has 1 aliphatic rings. The first kappa shape index (κ1) is 19.6. The molecule has 1 aromatic heterocycles. The summed E-state index contributed by atoms with van der Waals surface area (Å²) in [7, 11) is 1.69. The van der Waals surface area contributed by atoms with Gasteiger partial charge in [0, 0.05) is 42.5 Å². The summed E-state index contributed by atoms with van der Waals surface area (Å²) in [4.78, 5) is 18.7. The predicted octanol–water partition coefficient (Wildman–Crippen LogP) is 5.27. The summed E-state index contributed by atoms with van der Waals surface area (Å²) < 4.78 is 5.46. The fourth-order valence-electron chi connectivity index (χ4n) is 4.53. The molecule has 152 valence electrons. The molecule has 4 nitrogen and oxygen atoms in total. The quantitative estimate of drug-likeness (QED) is 0.623. The maximum absolute atomic E-state index is 13.2. The van der Waals surface area contributed by atoms with Gasteiger partial charge in [-0.25, -0.2) is 0 Å². The molecule has 1 amide bonds. The van der Waals surface area contributed by atoms with Crippen molar-refractivity contribution >= 4 is 16.8 Å². The fourth-order valence-corrected chi connectivity index (χ4v) is 4.53. The van der Waals surface area contributed by atoms with Gasteiger partial charge < -0.3 is 14.6 Å². The van der Waals surface area contributed by atoms with Gasteiger partial charge in [0.2, 0.25) is 5.91 Å². The molecule has 2 aromatic carbocycles. The lowest BCUT2D eigenvalue weighted by Gasteiger charge is -2.28. The molecule has 4 heteroatoms. The monoisotopic (exact) mass is 390 g/mol. The number of nitrogens with zero attached hydrogens (tertiary/aromatic N) is 1. The number of likely N-dealkylation sites (tertiary alicyclic amines) is 1. The standard InChI is InChI=1S/C25H30N2O2/c1-3-18-9-8-12-21-23(17-26-25(18)21)22(19-10-7-11-20(15-19)29-2)16-24(28)27-13-5-4-6-14-27/h7-12,15,17,22,26H,3-6,13-14,16H2,1-2H3. The van der Waals surface area contributed by atoms with E-state index in [9.17, 15) is 4.79 Å². The molecule has 1 N–H and O–H groups in total. The second kappa shape index (κ2) is 8.73. The highest BCUT2D eigenvalue weighted by Gasteiger charge is 2.25. The average Bonchev–Trinajstić information content (AvgIpc) is 3.22. The maximum Gasteiger partial charge on any atom is 0.223 e. The molecule has 1 saturated heterocycles. The van der Waals surface area contributed by atoms with Crippen LogP contribution in [0.5, 0.6) is 5.75 Å². The summed E-state index contributed by atoms with van der Waals surface area (Å²) >= 11 is 0. The van der Waals surface area contributed by atoms with Gasteiger partial charge in [-0.05, 0) is 54.5 Å². The number of hydrogen-bond acceptors (Lipinski definition) is 2. The van der Waals surface area contributed by atoms with Gasteiger partial charge in [-0.3, -0.25) is 4.79 Å². The molecule has 2 heterocycles. The molecule has 0 radical (unpaired) electrons. The Hall–Kier alpha value is -2.75. The first-order valence-electron chi connectivity index (χ1n) is 10.7. The van der Waals surface area contributed by atoms with E-state index < -0.39 is 0 Å². The van der Waals surface area contributed by atoms with Gasteiger partial charge in [-0.1, -0.05) is 37.3 Å². The normalized spacial score (nSPS) is 15.4. The van der Waals surface area contributed by atoms with Crippen LogP contribution in [-0.4, -0.2) is 36.0 Å². The third-order valence-electron chi connectivity index (χ3n) is 6.17. The minimum absolute atomic E-state index is 0.000354. The summed E-state index contributed by atoms with van der Waals surface area (Å²) in [5.74, 6) is 1.07. The van der Waals surface area contributed by atoms with Crippen LogP contribution >= 0.6 is 0 Å². The summed E-state index contributed by atoms with van der Waals surface area (Å²) in [6.07, 6.45) is 7.01. The van der Waals surface area contributed by atoms with Crippen molar-refractivity contribution in [3.05, 3.63) is 65.4 Å². The highest BCUT2D eigenvalue weighted by atomic mass is 16.5. The van der Waals surface area contributed by atoms with E-state index in [1.165, 1.54) is 28.5 Å². The molecular weight excluding hydrogens is 360 g/mol. The van der Waals surface area contributed by atoms with E-state index >= 15 is 0 Å². The van der Waals surface area contributed by atoms with Gasteiger partial charge in [0.15, 0.2) is 0 Å². The maximum atomic E-state index is 13.2. The molecule has 0 aliphatic carbocycles. The van der Waals surface area contributed by atoms with Gasteiger partial charge in [0.1, 0.15) is 5.75 Å². The van der Waals surface area contributed by atoms with Crippen LogP contribution in [0.3, 0.4) is 0 Å². The van der Waals surface area contributed by atoms with Crippen LogP contribution in [0, 0.1) is 0 Å². The number of benzene rings is 2. The molecule has 1 unspecified atom stereocenters.